The highest BCUT2D eigenvalue weighted by atomic mass is 35.5. The average Bonchev–Trinajstić information content (AvgIpc) is 2.85. The molecule has 0 saturated carbocycles. The molecule has 0 aliphatic carbocycles. The number of Topliss-reactive ketones (excluding diaryl/α,β-unsaturated/α-hetero) is 1. The van der Waals surface area contributed by atoms with Gasteiger partial charge >= 0.3 is 0 Å². The SMILES string of the molecule is O=C(CN1C(=O)COc2ccc(C(=O)COc3ccc(Cl)cc3)cc21)NCCN1CCOCC1. The quantitative estimate of drug-likeness (QED) is 0.538. The second kappa shape index (κ2) is 11.3. The van der Waals surface area contributed by atoms with E-state index in [4.69, 9.17) is 25.8 Å². The number of amides is 2. The average molecular weight is 488 g/mol. The molecule has 2 aromatic carbocycles. The van der Waals surface area contributed by atoms with Gasteiger partial charge in [0, 0.05) is 36.8 Å². The van der Waals surface area contributed by atoms with E-state index in [-0.39, 0.29) is 37.4 Å². The molecular formula is C24H26ClN3O6. The lowest BCUT2D eigenvalue weighted by Crippen LogP contribution is -2.47. The summed E-state index contributed by atoms with van der Waals surface area (Å²) < 4.78 is 16.3. The molecule has 1 N–H and O–H groups in total. The van der Waals surface area contributed by atoms with Crippen LogP contribution < -0.4 is 19.7 Å². The molecule has 0 aromatic heterocycles. The van der Waals surface area contributed by atoms with Crippen LogP contribution in [0.2, 0.25) is 5.02 Å². The summed E-state index contributed by atoms with van der Waals surface area (Å²) in [6, 6.07) is 11.5. The Kier molecular flexibility index (Phi) is 7.99. The largest absolute Gasteiger partial charge is 0.485 e. The van der Waals surface area contributed by atoms with Gasteiger partial charge in [0.1, 0.15) is 18.0 Å². The smallest absolute Gasteiger partial charge is 0.265 e. The molecule has 2 aromatic rings. The summed E-state index contributed by atoms with van der Waals surface area (Å²) in [6.45, 7) is 3.75. The van der Waals surface area contributed by atoms with Crippen LogP contribution in [0.1, 0.15) is 10.4 Å². The van der Waals surface area contributed by atoms with E-state index in [0.717, 1.165) is 19.6 Å². The lowest BCUT2D eigenvalue weighted by Gasteiger charge is -2.29. The van der Waals surface area contributed by atoms with Gasteiger partial charge in [0.25, 0.3) is 5.91 Å². The van der Waals surface area contributed by atoms with Crippen molar-refractivity contribution >= 4 is 34.9 Å². The highest BCUT2D eigenvalue weighted by Gasteiger charge is 2.28. The van der Waals surface area contributed by atoms with Crippen LogP contribution in [0.3, 0.4) is 0 Å². The molecule has 2 aliphatic rings. The summed E-state index contributed by atoms with van der Waals surface area (Å²) in [6.07, 6.45) is 0. The predicted octanol–water partition coefficient (Wildman–Crippen LogP) is 1.78. The van der Waals surface area contributed by atoms with Crippen molar-refractivity contribution in [3.8, 4) is 11.5 Å². The van der Waals surface area contributed by atoms with E-state index in [1.54, 1.807) is 42.5 Å². The molecule has 34 heavy (non-hydrogen) atoms. The molecule has 0 spiro atoms. The number of halogens is 1. The van der Waals surface area contributed by atoms with Crippen LogP contribution in [0, 0.1) is 0 Å². The number of fused-ring (bicyclic) bond motifs is 1. The minimum absolute atomic E-state index is 0.156. The van der Waals surface area contributed by atoms with E-state index in [1.807, 2.05) is 0 Å². The molecule has 0 unspecified atom stereocenters. The first-order chi connectivity index (χ1) is 16.5. The molecule has 4 rings (SSSR count). The number of anilines is 1. The maximum absolute atomic E-state index is 12.7. The van der Waals surface area contributed by atoms with Crippen LogP contribution in [0.4, 0.5) is 5.69 Å². The van der Waals surface area contributed by atoms with Crippen molar-refractivity contribution < 1.29 is 28.6 Å². The molecule has 2 aliphatic heterocycles. The Labute approximate surface area is 202 Å². The van der Waals surface area contributed by atoms with Gasteiger partial charge in [0.15, 0.2) is 19.0 Å². The zero-order valence-electron chi connectivity index (χ0n) is 18.6. The number of nitrogens with zero attached hydrogens (tertiary/aromatic N) is 2. The molecule has 180 valence electrons. The Bertz CT molecular complexity index is 1040. The van der Waals surface area contributed by atoms with Crippen LogP contribution in [-0.2, 0) is 14.3 Å². The summed E-state index contributed by atoms with van der Waals surface area (Å²) in [5, 5.41) is 3.43. The van der Waals surface area contributed by atoms with Gasteiger partial charge in [0.2, 0.25) is 5.91 Å². The number of carbonyl (C=O) groups excluding carboxylic acids is 3. The second-order valence-corrected chi connectivity index (χ2v) is 8.36. The Morgan fingerprint density at radius 1 is 1.09 bits per heavy atom. The lowest BCUT2D eigenvalue weighted by molar-refractivity contribution is -0.125. The summed E-state index contributed by atoms with van der Waals surface area (Å²) in [5.74, 6) is 0.0567. The van der Waals surface area contributed by atoms with Crippen LogP contribution in [0.5, 0.6) is 11.5 Å². The summed E-state index contributed by atoms with van der Waals surface area (Å²) in [4.78, 5) is 41.3. The van der Waals surface area contributed by atoms with Crippen molar-refractivity contribution in [2.75, 3.05) is 64.1 Å². The van der Waals surface area contributed by atoms with E-state index in [0.29, 0.717) is 47.5 Å². The first kappa shape index (κ1) is 24.0. The molecule has 9 nitrogen and oxygen atoms in total. The van der Waals surface area contributed by atoms with Crippen molar-refractivity contribution in [1.82, 2.24) is 10.2 Å². The summed E-state index contributed by atoms with van der Waals surface area (Å²) in [5.41, 5.74) is 0.737. The number of benzene rings is 2. The zero-order valence-corrected chi connectivity index (χ0v) is 19.4. The number of carbonyl (C=O) groups is 3. The van der Waals surface area contributed by atoms with Gasteiger partial charge in [-0.05, 0) is 42.5 Å². The number of nitrogens with one attached hydrogen (secondary N) is 1. The Balaban J connectivity index is 1.36. The Hall–Kier alpha value is -3.14. The van der Waals surface area contributed by atoms with E-state index < -0.39 is 0 Å². The Morgan fingerprint density at radius 2 is 1.85 bits per heavy atom. The third-order valence-electron chi connectivity index (χ3n) is 5.56. The number of ketones is 1. The monoisotopic (exact) mass is 487 g/mol. The van der Waals surface area contributed by atoms with Crippen LogP contribution in [-0.4, -0.2) is 81.6 Å². The zero-order chi connectivity index (χ0) is 23.9. The minimum Gasteiger partial charge on any atom is -0.485 e. The van der Waals surface area contributed by atoms with Crippen molar-refractivity contribution in [2.24, 2.45) is 0 Å². The van der Waals surface area contributed by atoms with Gasteiger partial charge in [0.05, 0.1) is 18.9 Å². The van der Waals surface area contributed by atoms with Gasteiger partial charge in [-0.2, -0.15) is 0 Å². The standard InChI is InChI=1S/C24H26ClN3O6/c25-18-2-4-19(5-3-18)33-15-21(29)17-1-6-22-20(13-17)28(24(31)16-34-22)14-23(30)26-7-8-27-9-11-32-12-10-27/h1-6,13H,7-12,14-16H2,(H,26,30). The predicted molar refractivity (Wildman–Crippen MR) is 126 cm³/mol. The molecule has 2 amide bonds. The van der Waals surface area contributed by atoms with E-state index in [2.05, 4.69) is 10.2 Å². The minimum atomic E-state index is -0.349. The maximum Gasteiger partial charge on any atom is 0.265 e. The lowest BCUT2D eigenvalue weighted by atomic mass is 10.1. The molecule has 2 heterocycles. The van der Waals surface area contributed by atoms with Gasteiger partial charge in [-0.25, -0.2) is 0 Å². The fraction of sp³-hybridized carbons (Fsp3) is 0.375. The topological polar surface area (TPSA) is 97.4 Å². The van der Waals surface area contributed by atoms with Crippen molar-refractivity contribution in [3.05, 3.63) is 53.1 Å². The Morgan fingerprint density at radius 3 is 2.62 bits per heavy atom. The number of morpholine rings is 1. The molecule has 1 fully saturated rings. The molecule has 0 radical (unpaired) electrons. The first-order valence-electron chi connectivity index (χ1n) is 11.1. The fourth-order valence-corrected chi connectivity index (χ4v) is 3.82. The number of hydrogen-bond acceptors (Lipinski definition) is 7. The maximum atomic E-state index is 12.7. The van der Waals surface area contributed by atoms with Crippen LogP contribution in [0.15, 0.2) is 42.5 Å². The van der Waals surface area contributed by atoms with Gasteiger partial charge in [-0.1, -0.05) is 11.6 Å². The van der Waals surface area contributed by atoms with E-state index in [1.165, 1.54) is 4.90 Å². The van der Waals surface area contributed by atoms with Gasteiger partial charge in [-0.3, -0.25) is 24.2 Å². The van der Waals surface area contributed by atoms with E-state index >= 15 is 0 Å². The first-order valence-corrected chi connectivity index (χ1v) is 11.4. The fourth-order valence-electron chi connectivity index (χ4n) is 3.69. The van der Waals surface area contributed by atoms with Crippen LogP contribution >= 0.6 is 11.6 Å². The van der Waals surface area contributed by atoms with Gasteiger partial charge in [-0.15, -0.1) is 0 Å². The normalized spacial score (nSPS) is 15.9. The van der Waals surface area contributed by atoms with Crippen LogP contribution in [0.25, 0.3) is 0 Å². The van der Waals surface area contributed by atoms with E-state index in [9.17, 15) is 14.4 Å². The molecule has 1 saturated heterocycles. The van der Waals surface area contributed by atoms with Crippen molar-refractivity contribution in [2.45, 2.75) is 0 Å². The highest BCUT2D eigenvalue weighted by molar-refractivity contribution is 6.30. The second-order valence-electron chi connectivity index (χ2n) is 7.92. The van der Waals surface area contributed by atoms with Gasteiger partial charge < -0.3 is 19.5 Å². The third-order valence-corrected chi connectivity index (χ3v) is 5.82. The highest BCUT2D eigenvalue weighted by Crippen LogP contribution is 2.33. The summed E-state index contributed by atoms with van der Waals surface area (Å²) in [7, 11) is 0. The third kappa shape index (κ3) is 6.25. The number of ether oxygens (including phenoxy) is 3. The molecule has 0 atom stereocenters. The number of hydrogen-bond donors (Lipinski definition) is 1. The molecule has 0 bridgehead atoms. The number of rotatable bonds is 9. The van der Waals surface area contributed by atoms with Crippen molar-refractivity contribution in [1.29, 1.82) is 0 Å². The molecular weight excluding hydrogens is 462 g/mol. The summed E-state index contributed by atoms with van der Waals surface area (Å²) >= 11 is 5.86. The van der Waals surface area contributed by atoms with Crippen molar-refractivity contribution in [3.63, 3.8) is 0 Å². The molecule has 10 heteroatoms.